The fourth-order valence-corrected chi connectivity index (χ4v) is 2.84. The van der Waals surface area contributed by atoms with E-state index in [0.29, 0.717) is 11.3 Å². The summed E-state index contributed by atoms with van der Waals surface area (Å²) in [6, 6.07) is 0. The van der Waals surface area contributed by atoms with Gasteiger partial charge < -0.3 is 10.4 Å². The molecule has 0 aliphatic heterocycles. The van der Waals surface area contributed by atoms with Crippen molar-refractivity contribution in [2.45, 2.75) is 44.5 Å². The second kappa shape index (κ2) is 7.81. The zero-order chi connectivity index (χ0) is 13.4. The smallest absolute Gasteiger partial charge is 0.0640 e. The van der Waals surface area contributed by atoms with Gasteiger partial charge in [0.15, 0.2) is 0 Å². The number of aliphatic hydroxyl groups excluding tert-OH is 1. The first-order valence-electron chi connectivity index (χ1n) is 6.57. The lowest BCUT2D eigenvalue weighted by molar-refractivity contribution is 0.269. The third-order valence-corrected chi connectivity index (χ3v) is 5.10. The van der Waals surface area contributed by atoms with Crippen LogP contribution in [0.4, 0.5) is 0 Å². The van der Waals surface area contributed by atoms with Crippen LogP contribution in [0, 0.1) is 0 Å². The minimum Gasteiger partial charge on any atom is -0.394 e. The summed E-state index contributed by atoms with van der Waals surface area (Å²) in [6.45, 7) is 7.07. The fraction of sp³-hybridized carbons (Fsp3) is 0.769. The van der Waals surface area contributed by atoms with E-state index in [0.717, 1.165) is 13.1 Å². The minimum absolute atomic E-state index is 0.135. The van der Waals surface area contributed by atoms with Gasteiger partial charge in [0, 0.05) is 29.6 Å². The van der Waals surface area contributed by atoms with Crippen LogP contribution in [0.25, 0.3) is 0 Å². The van der Waals surface area contributed by atoms with E-state index in [1.165, 1.54) is 18.4 Å². The zero-order valence-electron chi connectivity index (χ0n) is 11.6. The van der Waals surface area contributed by atoms with Crippen molar-refractivity contribution in [3.63, 3.8) is 0 Å². The second-order valence-electron chi connectivity index (χ2n) is 4.53. The van der Waals surface area contributed by atoms with E-state index in [-0.39, 0.29) is 6.61 Å². The van der Waals surface area contributed by atoms with Crippen molar-refractivity contribution in [2.24, 2.45) is 0 Å². The van der Waals surface area contributed by atoms with Gasteiger partial charge in [-0.15, -0.1) is 0 Å². The van der Waals surface area contributed by atoms with E-state index in [1.807, 2.05) is 24.2 Å². The Morgan fingerprint density at radius 2 is 2.17 bits per heavy atom. The number of hydrogen-bond donors (Lipinski definition) is 2. The van der Waals surface area contributed by atoms with E-state index >= 15 is 0 Å². The first kappa shape index (κ1) is 15.5. The van der Waals surface area contributed by atoms with Crippen LogP contribution in [-0.2, 0) is 13.1 Å². The van der Waals surface area contributed by atoms with Gasteiger partial charge in [0.05, 0.1) is 19.3 Å². The summed E-state index contributed by atoms with van der Waals surface area (Å²) in [5.41, 5.74) is 1.17. The monoisotopic (exact) mass is 271 g/mol. The van der Waals surface area contributed by atoms with Gasteiger partial charge in [0.1, 0.15) is 0 Å². The molecule has 0 saturated carbocycles. The molecule has 0 aliphatic carbocycles. The molecule has 0 atom stereocenters. The molecular weight excluding hydrogens is 246 g/mol. The summed E-state index contributed by atoms with van der Waals surface area (Å²) in [7, 11) is 0. The molecule has 2 N–H and O–H groups in total. The number of aromatic nitrogens is 2. The summed E-state index contributed by atoms with van der Waals surface area (Å²) in [5.74, 6) is 0. The molecule has 5 heteroatoms. The molecule has 18 heavy (non-hydrogen) atoms. The SMILES string of the molecule is CCC(CC)(CNCc1cnn(CCO)c1)SC. The van der Waals surface area contributed by atoms with Gasteiger partial charge in [-0.1, -0.05) is 13.8 Å². The Labute approximate surface area is 114 Å². The highest BCUT2D eigenvalue weighted by Crippen LogP contribution is 2.29. The average Bonchev–Trinajstić information content (AvgIpc) is 2.84. The fourth-order valence-electron chi connectivity index (χ4n) is 2.02. The van der Waals surface area contributed by atoms with Gasteiger partial charge >= 0.3 is 0 Å². The summed E-state index contributed by atoms with van der Waals surface area (Å²) in [5, 5.41) is 16.5. The van der Waals surface area contributed by atoms with Gasteiger partial charge in [-0.05, 0) is 19.1 Å². The lowest BCUT2D eigenvalue weighted by Gasteiger charge is -2.29. The highest BCUT2D eigenvalue weighted by molar-refractivity contribution is 8.00. The van der Waals surface area contributed by atoms with Gasteiger partial charge in [-0.25, -0.2) is 0 Å². The molecule has 4 nitrogen and oxygen atoms in total. The molecule has 1 aromatic heterocycles. The average molecular weight is 271 g/mol. The van der Waals surface area contributed by atoms with E-state index in [4.69, 9.17) is 5.11 Å². The predicted octanol–water partition coefficient (Wildman–Crippen LogP) is 1.89. The lowest BCUT2D eigenvalue weighted by Crippen LogP contribution is -2.36. The molecular formula is C13H25N3OS. The maximum Gasteiger partial charge on any atom is 0.0640 e. The molecule has 104 valence electrons. The van der Waals surface area contributed by atoms with Crippen LogP contribution in [0.3, 0.4) is 0 Å². The molecule has 0 spiro atoms. The Morgan fingerprint density at radius 3 is 2.72 bits per heavy atom. The number of hydrogen-bond acceptors (Lipinski definition) is 4. The highest BCUT2D eigenvalue weighted by atomic mass is 32.2. The van der Waals surface area contributed by atoms with Crippen molar-refractivity contribution in [1.29, 1.82) is 0 Å². The van der Waals surface area contributed by atoms with Crippen LogP contribution in [0.2, 0.25) is 0 Å². The maximum absolute atomic E-state index is 8.83. The van der Waals surface area contributed by atoms with Crippen LogP contribution >= 0.6 is 11.8 Å². The Hall–Kier alpha value is -0.520. The van der Waals surface area contributed by atoms with Crippen LogP contribution < -0.4 is 5.32 Å². The van der Waals surface area contributed by atoms with Crippen molar-refractivity contribution >= 4 is 11.8 Å². The summed E-state index contributed by atoms with van der Waals surface area (Å²) in [4.78, 5) is 0. The zero-order valence-corrected chi connectivity index (χ0v) is 12.5. The minimum atomic E-state index is 0.135. The molecule has 1 aromatic rings. The molecule has 0 amide bonds. The third-order valence-electron chi connectivity index (χ3n) is 3.51. The first-order valence-corrected chi connectivity index (χ1v) is 7.80. The summed E-state index contributed by atoms with van der Waals surface area (Å²) < 4.78 is 2.12. The molecule has 0 unspecified atom stereocenters. The maximum atomic E-state index is 8.83. The number of aliphatic hydroxyl groups is 1. The number of nitrogens with one attached hydrogen (secondary N) is 1. The highest BCUT2D eigenvalue weighted by Gasteiger charge is 2.23. The summed E-state index contributed by atoms with van der Waals surface area (Å²) >= 11 is 1.95. The third kappa shape index (κ3) is 4.30. The second-order valence-corrected chi connectivity index (χ2v) is 5.81. The van der Waals surface area contributed by atoms with Crippen molar-refractivity contribution in [3.8, 4) is 0 Å². The Kier molecular flexibility index (Phi) is 6.75. The lowest BCUT2D eigenvalue weighted by atomic mass is 10.0. The van der Waals surface area contributed by atoms with E-state index in [1.54, 1.807) is 4.68 Å². The molecule has 0 bridgehead atoms. The van der Waals surface area contributed by atoms with Crippen molar-refractivity contribution in [2.75, 3.05) is 19.4 Å². The molecule has 1 heterocycles. The van der Waals surface area contributed by atoms with E-state index in [9.17, 15) is 0 Å². The predicted molar refractivity (Wildman–Crippen MR) is 77.8 cm³/mol. The van der Waals surface area contributed by atoms with Crippen LogP contribution in [-0.4, -0.2) is 39.0 Å². The first-order chi connectivity index (χ1) is 8.69. The van der Waals surface area contributed by atoms with Gasteiger partial charge in [-0.3, -0.25) is 4.68 Å². The summed E-state index contributed by atoms with van der Waals surface area (Å²) in [6.07, 6.45) is 8.40. The number of rotatable bonds is 9. The Bertz CT molecular complexity index is 328. The largest absolute Gasteiger partial charge is 0.394 e. The molecule has 1 rings (SSSR count). The Morgan fingerprint density at radius 1 is 1.44 bits per heavy atom. The quantitative estimate of drug-likeness (QED) is 0.720. The topological polar surface area (TPSA) is 50.1 Å². The van der Waals surface area contributed by atoms with Crippen molar-refractivity contribution in [1.82, 2.24) is 15.1 Å². The van der Waals surface area contributed by atoms with E-state index < -0.39 is 0 Å². The van der Waals surface area contributed by atoms with Crippen molar-refractivity contribution in [3.05, 3.63) is 18.0 Å². The number of thioether (sulfide) groups is 1. The van der Waals surface area contributed by atoms with E-state index in [2.05, 4.69) is 30.5 Å². The molecule has 0 fully saturated rings. The molecule has 0 aliphatic rings. The molecule has 0 radical (unpaired) electrons. The van der Waals surface area contributed by atoms with Gasteiger partial charge in [0.2, 0.25) is 0 Å². The number of nitrogens with zero attached hydrogens (tertiary/aromatic N) is 2. The van der Waals surface area contributed by atoms with Gasteiger partial charge in [-0.2, -0.15) is 16.9 Å². The van der Waals surface area contributed by atoms with Crippen LogP contribution in [0.15, 0.2) is 12.4 Å². The van der Waals surface area contributed by atoms with Gasteiger partial charge in [0.25, 0.3) is 0 Å². The standard InChI is InChI=1S/C13H25N3OS/c1-4-13(5-2,18-3)11-14-8-12-9-15-16(10-12)6-7-17/h9-10,14,17H,4-8,11H2,1-3H3. The van der Waals surface area contributed by atoms with Crippen LogP contribution in [0.1, 0.15) is 32.3 Å². The normalized spacial score (nSPS) is 12.0. The Balaban J connectivity index is 2.40. The molecule has 0 aromatic carbocycles. The van der Waals surface area contributed by atoms with Crippen molar-refractivity contribution < 1.29 is 5.11 Å². The molecule has 0 saturated heterocycles. The van der Waals surface area contributed by atoms with Crippen LogP contribution in [0.5, 0.6) is 0 Å².